The molecule has 1 saturated carbocycles. The normalized spacial score (nSPS) is 18.0. The minimum Gasteiger partial charge on any atom is -0.490 e. The van der Waals surface area contributed by atoms with Crippen molar-refractivity contribution in [1.82, 2.24) is 0 Å². The average molecular weight is 525 g/mol. The monoisotopic (exact) mass is 524 g/mol. The second-order valence-electron chi connectivity index (χ2n) is 9.67. The molecule has 38 heavy (non-hydrogen) atoms. The van der Waals surface area contributed by atoms with Gasteiger partial charge < -0.3 is 14.6 Å². The Hall–Kier alpha value is -3.58. The molecule has 1 fully saturated rings. The molecule has 3 aromatic carbocycles. The van der Waals surface area contributed by atoms with Crippen LogP contribution in [0.3, 0.4) is 0 Å². The molecule has 4 rings (SSSR count). The van der Waals surface area contributed by atoms with Crippen LogP contribution in [0.2, 0.25) is 0 Å². The molecule has 1 aliphatic rings. The van der Waals surface area contributed by atoms with E-state index in [0.717, 1.165) is 18.9 Å². The highest BCUT2D eigenvalue weighted by Crippen LogP contribution is 2.39. The fourth-order valence-corrected chi connectivity index (χ4v) is 4.88. The van der Waals surface area contributed by atoms with E-state index in [0.29, 0.717) is 30.4 Å². The Morgan fingerprint density at radius 3 is 2.37 bits per heavy atom. The Balaban J connectivity index is 1.43. The van der Waals surface area contributed by atoms with E-state index < -0.39 is 29.5 Å². The molecular weight excluding hydrogens is 493 g/mol. The maximum Gasteiger partial charge on any atom is 0.343 e. The molecule has 0 aliphatic heterocycles. The van der Waals surface area contributed by atoms with Crippen molar-refractivity contribution in [2.45, 2.75) is 51.0 Å². The number of carbonyl (C=O) groups excluding carboxylic acids is 1. The lowest BCUT2D eigenvalue weighted by Gasteiger charge is -2.30. The standard InChI is InChI=1S/C31H31F3O4/c1-3-4-17-37-28-16-13-24(18-27(28)32)38-31(36)23-11-9-22(10-12-23)26-15-14-25(29(33)30(26)34)21-7-5-20(6-8-21)19(2)35/h3,9-16,18-21,35H,1,4-8,17H2,2H3. The van der Waals surface area contributed by atoms with Crippen molar-refractivity contribution in [3.8, 4) is 22.6 Å². The smallest absolute Gasteiger partial charge is 0.343 e. The summed E-state index contributed by atoms with van der Waals surface area (Å²) in [5.74, 6) is -2.99. The summed E-state index contributed by atoms with van der Waals surface area (Å²) < 4.78 is 54.9. The zero-order valence-corrected chi connectivity index (χ0v) is 21.3. The molecule has 1 aliphatic carbocycles. The Bertz CT molecular complexity index is 1280. The number of benzene rings is 3. The molecule has 0 aromatic heterocycles. The van der Waals surface area contributed by atoms with Gasteiger partial charge in [-0.1, -0.05) is 30.3 Å². The predicted octanol–water partition coefficient (Wildman–Crippen LogP) is 7.60. The summed E-state index contributed by atoms with van der Waals surface area (Å²) in [7, 11) is 0. The van der Waals surface area contributed by atoms with E-state index in [1.54, 1.807) is 25.1 Å². The van der Waals surface area contributed by atoms with E-state index >= 15 is 8.78 Å². The zero-order valence-electron chi connectivity index (χ0n) is 21.3. The van der Waals surface area contributed by atoms with Crippen molar-refractivity contribution in [1.29, 1.82) is 0 Å². The van der Waals surface area contributed by atoms with Gasteiger partial charge in [0.15, 0.2) is 23.2 Å². The first-order chi connectivity index (χ1) is 18.3. The molecule has 7 heteroatoms. The maximum atomic E-state index is 15.1. The van der Waals surface area contributed by atoms with Crippen LogP contribution in [0.5, 0.6) is 11.5 Å². The molecule has 0 heterocycles. The van der Waals surface area contributed by atoms with Crippen LogP contribution in [-0.2, 0) is 0 Å². The van der Waals surface area contributed by atoms with Gasteiger partial charge in [0.1, 0.15) is 5.75 Å². The number of hydrogen-bond acceptors (Lipinski definition) is 4. The molecular formula is C31H31F3O4. The number of ether oxygens (including phenoxy) is 2. The number of carbonyl (C=O) groups is 1. The van der Waals surface area contributed by atoms with Gasteiger partial charge in [-0.15, -0.1) is 6.58 Å². The van der Waals surface area contributed by atoms with Gasteiger partial charge in [-0.3, -0.25) is 0 Å². The van der Waals surface area contributed by atoms with Crippen LogP contribution in [0.15, 0.2) is 67.3 Å². The maximum absolute atomic E-state index is 15.1. The van der Waals surface area contributed by atoms with Crippen LogP contribution in [0.1, 0.15) is 60.9 Å². The number of hydrogen-bond donors (Lipinski definition) is 1. The van der Waals surface area contributed by atoms with Gasteiger partial charge in [0.25, 0.3) is 0 Å². The van der Waals surface area contributed by atoms with E-state index in [4.69, 9.17) is 9.47 Å². The van der Waals surface area contributed by atoms with Gasteiger partial charge in [-0.2, -0.15) is 0 Å². The number of aliphatic hydroxyl groups excluding tert-OH is 1. The summed E-state index contributed by atoms with van der Waals surface area (Å²) in [6.45, 7) is 5.63. The van der Waals surface area contributed by atoms with E-state index in [2.05, 4.69) is 6.58 Å². The van der Waals surface area contributed by atoms with E-state index in [1.807, 2.05) is 0 Å². The van der Waals surface area contributed by atoms with Crippen LogP contribution in [0.25, 0.3) is 11.1 Å². The van der Waals surface area contributed by atoms with Gasteiger partial charge in [0.05, 0.1) is 18.3 Å². The third-order valence-electron chi connectivity index (χ3n) is 7.13. The lowest BCUT2D eigenvalue weighted by molar-refractivity contribution is 0.0734. The minimum atomic E-state index is -0.929. The highest BCUT2D eigenvalue weighted by Gasteiger charge is 2.28. The minimum absolute atomic E-state index is 0.0128. The molecule has 0 amide bonds. The molecule has 1 atom stereocenters. The van der Waals surface area contributed by atoms with Crippen LogP contribution in [0, 0.1) is 23.4 Å². The first-order valence-corrected chi connectivity index (χ1v) is 12.8. The summed E-state index contributed by atoms with van der Waals surface area (Å²) in [6, 6.07) is 13.0. The number of halogens is 3. The Morgan fingerprint density at radius 1 is 1.03 bits per heavy atom. The second-order valence-corrected chi connectivity index (χ2v) is 9.67. The molecule has 3 aromatic rings. The first kappa shape index (κ1) is 27.5. The summed E-state index contributed by atoms with van der Waals surface area (Å²) in [4.78, 5) is 12.5. The van der Waals surface area contributed by atoms with Crippen LogP contribution >= 0.6 is 0 Å². The quantitative estimate of drug-likeness (QED) is 0.136. The molecule has 0 radical (unpaired) electrons. The molecule has 1 N–H and O–H groups in total. The molecule has 0 saturated heterocycles. The topological polar surface area (TPSA) is 55.8 Å². The summed E-state index contributed by atoms with van der Waals surface area (Å²) in [5.41, 5.74) is 1.04. The van der Waals surface area contributed by atoms with Crippen LogP contribution in [-0.4, -0.2) is 23.8 Å². The number of esters is 1. The van der Waals surface area contributed by atoms with Crippen LogP contribution in [0.4, 0.5) is 13.2 Å². The molecule has 1 unspecified atom stereocenters. The van der Waals surface area contributed by atoms with Crippen molar-refractivity contribution >= 4 is 5.97 Å². The summed E-state index contributed by atoms with van der Waals surface area (Å²) >= 11 is 0. The highest BCUT2D eigenvalue weighted by atomic mass is 19.2. The molecule has 200 valence electrons. The van der Waals surface area contributed by atoms with E-state index in [-0.39, 0.29) is 41.1 Å². The SMILES string of the molecule is C=CCCOc1ccc(OC(=O)c2ccc(-c3ccc(C4CCC(C(C)O)CC4)c(F)c3F)cc2)cc1F. The third-order valence-corrected chi connectivity index (χ3v) is 7.13. The van der Waals surface area contributed by atoms with Gasteiger partial charge in [0, 0.05) is 11.6 Å². The second kappa shape index (κ2) is 12.3. The van der Waals surface area contributed by atoms with E-state index in [9.17, 15) is 14.3 Å². The fraction of sp³-hybridized carbons (Fsp3) is 0.323. The van der Waals surface area contributed by atoms with Crippen molar-refractivity contribution < 1.29 is 32.5 Å². The lowest BCUT2D eigenvalue weighted by atomic mass is 9.76. The van der Waals surface area contributed by atoms with Crippen molar-refractivity contribution in [2.24, 2.45) is 5.92 Å². The first-order valence-electron chi connectivity index (χ1n) is 12.8. The zero-order chi connectivity index (χ0) is 27.2. The molecule has 4 nitrogen and oxygen atoms in total. The van der Waals surface area contributed by atoms with Gasteiger partial charge in [-0.05, 0) is 86.3 Å². The van der Waals surface area contributed by atoms with Crippen molar-refractivity contribution in [3.05, 3.63) is 95.8 Å². The molecule has 0 spiro atoms. The lowest BCUT2D eigenvalue weighted by Crippen LogP contribution is -2.23. The van der Waals surface area contributed by atoms with Gasteiger partial charge in [0.2, 0.25) is 0 Å². The van der Waals surface area contributed by atoms with Gasteiger partial charge >= 0.3 is 5.97 Å². The highest BCUT2D eigenvalue weighted by molar-refractivity contribution is 5.91. The Morgan fingerprint density at radius 2 is 1.74 bits per heavy atom. The largest absolute Gasteiger partial charge is 0.490 e. The fourth-order valence-electron chi connectivity index (χ4n) is 4.88. The summed E-state index contributed by atoms with van der Waals surface area (Å²) in [6.07, 6.45) is 4.80. The van der Waals surface area contributed by atoms with Crippen LogP contribution < -0.4 is 9.47 Å². The third kappa shape index (κ3) is 6.27. The predicted molar refractivity (Wildman–Crippen MR) is 140 cm³/mol. The van der Waals surface area contributed by atoms with Crippen molar-refractivity contribution in [3.63, 3.8) is 0 Å². The Labute approximate surface area is 220 Å². The number of rotatable bonds is 9. The average Bonchev–Trinajstić information content (AvgIpc) is 2.91. The summed E-state index contributed by atoms with van der Waals surface area (Å²) in [5, 5.41) is 9.79. The number of aliphatic hydroxyl groups is 1. The molecule has 0 bridgehead atoms. The Kier molecular flexibility index (Phi) is 8.89. The van der Waals surface area contributed by atoms with E-state index in [1.165, 1.54) is 36.4 Å². The van der Waals surface area contributed by atoms with Crippen molar-refractivity contribution in [2.75, 3.05) is 6.61 Å². The van der Waals surface area contributed by atoms with Gasteiger partial charge in [-0.25, -0.2) is 18.0 Å².